The highest BCUT2D eigenvalue weighted by Gasteiger charge is 2.36. The van der Waals surface area contributed by atoms with Crippen LogP contribution in [-0.4, -0.2) is 42.3 Å². The SMILES string of the molecule is C=C(COC)[C@H](CC(C)C)N1CC[C@@H](CC(=O)O)C[C@H]1c1ccc(C(F)(F)F)cc1. The van der Waals surface area contributed by atoms with Crippen molar-refractivity contribution >= 4 is 5.97 Å². The Morgan fingerprint density at radius 3 is 2.43 bits per heavy atom. The van der Waals surface area contributed by atoms with Gasteiger partial charge in [-0.1, -0.05) is 32.6 Å². The van der Waals surface area contributed by atoms with Crippen LogP contribution in [0.15, 0.2) is 36.4 Å². The smallest absolute Gasteiger partial charge is 0.416 e. The van der Waals surface area contributed by atoms with Gasteiger partial charge in [-0.3, -0.25) is 9.69 Å². The average Bonchev–Trinajstić information content (AvgIpc) is 2.65. The van der Waals surface area contributed by atoms with Crippen LogP contribution in [0.3, 0.4) is 0 Å². The van der Waals surface area contributed by atoms with E-state index in [0.717, 1.165) is 36.1 Å². The number of carboxylic acids is 1. The predicted octanol–water partition coefficient (Wildman–Crippen LogP) is 5.55. The molecule has 168 valence electrons. The van der Waals surface area contributed by atoms with Gasteiger partial charge in [0.15, 0.2) is 0 Å². The second kappa shape index (κ2) is 10.4. The van der Waals surface area contributed by atoms with Crippen LogP contribution in [0.1, 0.15) is 56.7 Å². The third-order valence-corrected chi connectivity index (χ3v) is 5.73. The van der Waals surface area contributed by atoms with Crippen LogP contribution >= 0.6 is 0 Å². The number of aliphatic carboxylic acids is 1. The third-order valence-electron chi connectivity index (χ3n) is 5.73. The molecule has 0 aliphatic carbocycles. The lowest BCUT2D eigenvalue weighted by atomic mass is 9.82. The minimum Gasteiger partial charge on any atom is -0.481 e. The molecule has 1 N–H and O–H groups in total. The lowest BCUT2D eigenvalue weighted by molar-refractivity contribution is -0.139. The predicted molar refractivity (Wildman–Crippen MR) is 110 cm³/mol. The second-order valence-electron chi connectivity index (χ2n) is 8.60. The van der Waals surface area contributed by atoms with E-state index in [1.54, 1.807) is 7.11 Å². The van der Waals surface area contributed by atoms with Crippen LogP contribution in [-0.2, 0) is 15.7 Å². The van der Waals surface area contributed by atoms with Crippen molar-refractivity contribution in [3.8, 4) is 0 Å². The zero-order valence-corrected chi connectivity index (χ0v) is 17.9. The van der Waals surface area contributed by atoms with E-state index >= 15 is 0 Å². The number of ether oxygens (including phenoxy) is 1. The van der Waals surface area contributed by atoms with E-state index < -0.39 is 17.7 Å². The summed E-state index contributed by atoms with van der Waals surface area (Å²) in [5.74, 6) is -0.461. The molecule has 1 aromatic carbocycles. The summed E-state index contributed by atoms with van der Waals surface area (Å²) in [5.41, 5.74) is 1.02. The average molecular weight is 428 g/mol. The first kappa shape index (κ1) is 24.4. The van der Waals surface area contributed by atoms with E-state index in [1.807, 2.05) is 0 Å². The van der Waals surface area contributed by atoms with Crippen molar-refractivity contribution in [2.45, 2.75) is 57.8 Å². The quantitative estimate of drug-likeness (QED) is 0.525. The molecule has 0 aromatic heterocycles. The number of carbonyl (C=O) groups is 1. The zero-order chi connectivity index (χ0) is 22.5. The molecule has 7 heteroatoms. The fourth-order valence-corrected chi connectivity index (χ4v) is 4.35. The molecule has 0 amide bonds. The molecule has 1 saturated heterocycles. The summed E-state index contributed by atoms with van der Waals surface area (Å²) >= 11 is 0. The fraction of sp³-hybridized carbons (Fsp3) is 0.609. The van der Waals surface area contributed by atoms with Gasteiger partial charge in [0.05, 0.1) is 12.2 Å². The number of halogens is 3. The summed E-state index contributed by atoms with van der Waals surface area (Å²) < 4.78 is 44.3. The minimum absolute atomic E-state index is 0.0126. The zero-order valence-electron chi connectivity index (χ0n) is 17.9. The van der Waals surface area contributed by atoms with Gasteiger partial charge in [-0.2, -0.15) is 13.2 Å². The van der Waals surface area contributed by atoms with Gasteiger partial charge in [0.1, 0.15) is 0 Å². The molecular formula is C23H32F3NO3. The summed E-state index contributed by atoms with van der Waals surface area (Å²) in [6, 6.07) is 5.11. The summed E-state index contributed by atoms with van der Waals surface area (Å²) in [4.78, 5) is 13.5. The van der Waals surface area contributed by atoms with E-state index in [2.05, 4.69) is 25.3 Å². The van der Waals surface area contributed by atoms with Gasteiger partial charge in [-0.25, -0.2) is 0 Å². The third kappa shape index (κ3) is 6.57. The molecule has 0 spiro atoms. The number of nitrogens with zero attached hydrogens (tertiary/aromatic N) is 1. The molecule has 2 rings (SSSR count). The highest BCUT2D eigenvalue weighted by atomic mass is 19.4. The summed E-state index contributed by atoms with van der Waals surface area (Å²) in [7, 11) is 1.62. The Balaban J connectivity index is 2.37. The molecule has 0 saturated carbocycles. The summed E-state index contributed by atoms with van der Waals surface area (Å²) in [5, 5.41) is 9.23. The molecule has 1 aliphatic heterocycles. The minimum atomic E-state index is -4.39. The normalized spacial score (nSPS) is 21.6. The number of hydrogen-bond acceptors (Lipinski definition) is 3. The van der Waals surface area contributed by atoms with Gasteiger partial charge >= 0.3 is 12.1 Å². The van der Waals surface area contributed by atoms with Crippen molar-refractivity contribution < 1.29 is 27.8 Å². The topological polar surface area (TPSA) is 49.8 Å². The van der Waals surface area contributed by atoms with E-state index in [0.29, 0.717) is 25.5 Å². The van der Waals surface area contributed by atoms with E-state index in [-0.39, 0.29) is 24.4 Å². The number of hydrogen-bond donors (Lipinski definition) is 1. The number of piperidine rings is 1. The molecule has 0 unspecified atom stereocenters. The van der Waals surface area contributed by atoms with Crippen molar-refractivity contribution in [1.29, 1.82) is 0 Å². The summed E-state index contributed by atoms with van der Waals surface area (Å²) in [6.07, 6.45) is -2.14. The maximum atomic E-state index is 13.0. The van der Waals surface area contributed by atoms with Crippen LogP contribution in [0.4, 0.5) is 13.2 Å². The number of methoxy groups -OCH3 is 1. The van der Waals surface area contributed by atoms with Gasteiger partial charge in [0, 0.05) is 25.6 Å². The maximum absolute atomic E-state index is 13.0. The highest BCUT2D eigenvalue weighted by molar-refractivity contribution is 5.67. The molecule has 4 nitrogen and oxygen atoms in total. The van der Waals surface area contributed by atoms with E-state index in [4.69, 9.17) is 4.74 Å². The van der Waals surface area contributed by atoms with Crippen LogP contribution in [0.25, 0.3) is 0 Å². The van der Waals surface area contributed by atoms with Crippen LogP contribution < -0.4 is 0 Å². The molecule has 1 heterocycles. The van der Waals surface area contributed by atoms with Crippen molar-refractivity contribution in [1.82, 2.24) is 4.90 Å². The molecular weight excluding hydrogens is 395 g/mol. The number of carboxylic acid groups (broad SMARTS) is 1. The molecule has 30 heavy (non-hydrogen) atoms. The lowest BCUT2D eigenvalue weighted by Crippen LogP contribution is -2.46. The highest BCUT2D eigenvalue weighted by Crippen LogP contribution is 2.40. The van der Waals surface area contributed by atoms with Crippen molar-refractivity contribution in [3.05, 3.63) is 47.5 Å². The van der Waals surface area contributed by atoms with Crippen molar-refractivity contribution in [2.24, 2.45) is 11.8 Å². The van der Waals surface area contributed by atoms with Gasteiger partial charge < -0.3 is 9.84 Å². The van der Waals surface area contributed by atoms with Gasteiger partial charge in [0.25, 0.3) is 0 Å². The van der Waals surface area contributed by atoms with Gasteiger partial charge in [0.2, 0.25) is 0 Å². The van der Waals surface area contributed by atoms with Crippen LogP contribution in [0.2, 0.25) is 0 Å². The molecule has 1 fully saturated rings. The Kier molecular flexibility index (Phi) is 8.50. The first-order chi connectivity index (χ1) is 14.0. The van der Waals surface area contributed by atoms with E-state index in [9.17, 15) is 23.1 Å². The molecule has 1 aliphatic rings. The van der Waals surface area contributed by atoms with Gasteiger partial charge in [-0.05, 0) is 60.9 Å². The Bertz CT molecular complexity index is 715. The largest absolute Gasteiger partial charge is 0.481 e. The second-order valence-corrected chi connectivity index (χ2v) is 8.60. The van der Waals surface area contributed by atoms with E-state index in [1.165, 1.54) is 12.1 Å². The van der Waals surface area contributed by atoms with Crippen LogP contribution in [0.5, 0.6) is 0 Å². The Hall–Kier alpha value is -1.86. The standard InChI is InChI=1S/C23H32F3NO3/c1-15(2)11-20(16(3)14-30-4)27-10-9-17(13-22(28)29)12-21(27)18-5-7-19(8-6-18)23(24,25)26/h5-8,15,17,20-21H,3,9-14H2,1-2,4H3,(H,28,29)/t17-,20+,21+/m1/s1. The summed E-state index contributed by atoms with van der Waals surface area (Å²) in [6.45, 7) is 9.53. The van der Waals surface area contributed by atoms with Crippen molar-refractivity contribution in [2.75, 3.05) is 20.3 Å². The number of rotatable bonds is 9. The Morgan fingerprint density at radius 2 is 1.93 bits per heavy atom. The molecule has 0 bridgehead atoms. The molecule has 1 aromatic rings. The first-order valence-corrected chi connectivity index (χ1v) is 10.3. The molecule has 3 atom stereocenters. The Labute approximate surface area is 176 Å². The number of likely N-dealkylation sites (tertiary alicyclic amines) is 1. The number of benzene rings is 1. The van der Waals surface area contributed by atoms with Crippen LogP contribution in [0, 0.1) is 11.8 Å². The van der Waals surface area contributed by atoms with Crippen molar-refractivity contribution in [3.63, 3.8) is 0 Å². The molecule has 0 radical (unpaired) electrons. The Morgan fingerprint density at radius 1 is 1.30 bits per heavy atom. The fourth-order valence-electron chi connectivity index (χ4n) is 4.35. The monoisotopic (exact) mass is 427 g/mol. The maximum Gasteiger partial charge on any atom is 0.416 e. The van der Waals surface area contributed by atoms with Gasteiger partial charge in [-0.15, -0.1) is 0 Å². The first-order valence-electron chi connectivity index (χ1n) is 10.3. The lowest BCUT2D eigenvalue weighted by Gasteiger charge is -2.45. The number of alkyl halides is 3.